The largest absolute Gasteiger partial charge is 0.370 e. The molecule has 1 aromatic rings. The van der Waals surface area contributed by atoms with Crippen LogP contribution in [0.3, 0.4) is 0 Å². The van der Waals surface area contributed by atoms with Crippen LogP contribution >= 0.6 is 0 Å². The highest BCUT2D eigenvalue weighted by atomic mass is 16.2. The third kappa shape index (κ3) is 2.77. The second kappa shape index (κ2) is 7.50. The van der Waals surface area contributed by atoms with Crippen molar-refractivity contribution in [2.45, 2.75) is 57.5 Å². The molecule has 0 aromatic heterocycles. The third-order valence-corrected chi connectivity index (χ3v) is 6.75. The number of carbonyl (C=O) groups excluding carboxylic acids is 4. The van der Waals surface area contributed by atoms with E-state index in [-0.39, 0.29) is 24.1 Å². The van der Waals surface area contributed by atoms with Crippen LogP contribution in [0, 0.1) is 11.8 Å². The summed E-state index contributed by atoms with van der Waals surface area (Å²) in [5, 5.41) is 6.30. The molecular weight excluding hydrogens is 384 g/mol. The molecule has 0 radical (unpaired) electrons. The van der Waals surface area contributed by atoms with Crippen molar-refractivity contribution in [1.29, 1.82) is 0 Å². The van der Waals surface area contributed by atoms with E-state index < -0.39 is 29.3 Å². The minimum absolute atomic E-state index is 0.0802. The van der Waals surface area contributed by atoms with E-state index in [2.05, 4.69) is 10.6 Å². The highest BCUT2D eigenvalue weighted by Crippen LogP contribution is 2.54. The number of benzene rings is 1. The van der Waals surface area contributed by atoms with E-state index >= 15 is 0 Å². The van der Waals surface area contributed by atoms with Gasteiger partial charge in [0.05, 0.1) is 11.8 Å². The number of nitrogens with zero attached hydrogens (tertiary/aromatic N) is 1. The van der Waals surface area contributed by atoms with E-state index in [1.54, 1.807) is 0 Å². The van der Waals surface area contributed by atoms with Crippen molar-refractivity contribution in [3.05, 3.63) is 29.3 Å². The van der Waals surface area contributed by atoms with Gasteiger partial charge in [0.15, 0.2) is 0 Å². The lowest BCUT2D eigenvalue weighted by molar-refractivity contribution is -0.143. The minimum atomic E-state index is -1.30. The van der Waals surface area contributed by atoms with Gasteiger partial charge in [0.2, 0.25) is 23.6 Å². The van der Waals surface area contributed by atoms with Crippen LogP contribution in [0.1, 0.15) is 50.7 Å². The topological polar surface area (TPSA) is 122 Å². The maximum Gasteiger partial charge on any atom is 0.250 e. The molecule has 4 N–H and O–H groups in total. The molecule has 2 saturated heterocycles. The van der Waals surface area contributed by atoms with Crippen LogP contribution in [0.25, 0.3) is 0 Å². The number of amides is 4. The summed E-state index contributed by atoms with van der Waals surface area (Å²) < 4.78 is 0. The Balaban J connectivity index is 1.82. The van der Waals surface area contributed by atoms with E-state index in [4.69, 9.17) is 5.73 Å². The number of anilines is 1. The molecule has 0 bridgehead atoms. The Bertz CT molecular complexity index is 930. The maximum atomic E-state index is 13.5. The maximum absolute atomic E-state index is 13.5. The first kappa shape index (κ1) is 20.5. The number of nitrogens with two attached hydrogens (primary N) is 1. The van der Waals surface area contributed by atoms with Gasteiger partial charge in [0.25, 0.3) is 0 Å². The standard InChI is InChI=1S/C22H28N4O4/c1-3-5-11-26-19(28)16-14(9-10-15(23)27)25-22(17(16)20(26)29)13-8-6-7-12(4-2)18(13)24-21(22)30/h6-8,14,16-17,25H,3-5,9-11H2,1-2H3,(H2,23,27)(H,24,30)/t14-,16+,17-,22-/m0/s1. The van der Waals surface area contributed by atoms with Gasteiger partial charge in [0.1, 0.15) is 5.54 Å². The van der Waals surface area contributed by atoms with Crippen molar-refractivity contribution in [1.82, 2.24) is 10.2 Å². The molecule has 8 heteroatoms. The van der Waals surface area contributed by atoms with Gasteiger partial charge >= 0.3 is 0 Å². The lowest BCUT2D eigenvalue weighted by atomic mass is 9.76. The van der Waals surface area contributed by atoms with E-state index in [1.165, 1.54) is 4.90 Å². The van der Waals surface area contributed by atoms with Gasteiger partial charge in [-0.05, 0) is 24.8 Å². The van der Waals surface area contributed by atoms with Crippen molar-refractivity contribution < 1.29 is 19.2 Å². The second-order valence-corrected chi connectivity index (χ2v) is 8.40. The molecule has 1 aromatic carbocycles. The predicted molar refractivity (Wildman–Crippen MR) is 110 cm³/mol. The van der Waals surface area contributed by atoms with Crippen LogP contribution in [0.4, 0.5) is 5.69 Å². The number of imide groups is 1. The fourth-order valence-corrected chi connectivity index (χ4v) is 5.33. The molecule has 0 aliphatic carbocycles. The van der Waals surface area contributed by atoms with E-state index in [9.17, 15) is 19.2 Å². The molecular formula is C22H28N4O4. The van der Waals surface area contributed by atoms with Gasteiger partial charge < -0.3 is 11.1 Å². The van der Waals surface area contributed by atoms with Gasteiger partial charge in [-0.1, -0.05) is 38.5 Å². The van der Waals surface area contributed by atoms with E-state index in [1.807, 2.05) is 32.0 Å². The molecule has 1 spiro atoms. The fourth-order valence-electron chi connectivity index (χ4n) is 5.33. The van der Waals surface area contributed by atoms with E-state index in [0.29, 0.717) is 24.9 Å². The molecule has 30 heavy (non-hydrogen) atoms. The molecule has 2 fully saturated rings. The SMILES string of the molecule is CCCCN1C(=O)[C@@H]2[C@H](CCC(N)=O)N[C@]3(C(=O)Nc4c(CC)cccc43)[C@@H]2C1=O. The highest BCUT2D eigenvalue weighted by molar-refractivity contribution is 6.15. The van der Waals surface area contributed by atoms with Crippen LogP contribution in [0.15, 0.2) is 18.2 Å². The third-order valence-electron chi connectivity index (χ3n) is 6.75. The molecule has 3 heterocycles. The molecule has 4 atom stereocenters. The van der Waals surface area contributed by atoms with Crippen LogP contribution in [-0.2, 0) is 31.1 Å². The summed E-state index contributed by atoms with van der Waals surface area (Å²) in [6.07, 6.45) is 2.68. The minimum Gasteiger partial charge on any atom is -0.370 e. The van der Waals surface area contributed by atoms with Crippen LogP contribution in [0.2, 0.25) is 0 Å². The molecule has 0 unspecified atom stereocenters. The number of hydrogen-bond donors (Lipinski definition) is 3. The zero-order chi connectivity index (χ0) is 21.6. The average molecular weight is 412 g/mol. The number of hydrogen-bond acceptors (Lipinski definition) is 5. The summed E-state index contributed by atoms with van der Waals surface area (Å²) in [4.78, 5) is 52.8. The number of rotatable bonds is 7. The number of likely N-dealkylation sites (tertiary alicyclic amines) is 1. The first-order chi connectivity index (χ1) is 14.4. The molecule has 0 saturated carbocycles. The molecule has 3 aliphatic rings. The number of unbranched alkanes of at least 4 members (excludes halogenated alkanes) is 1. The lowest BCUT2D eigenvalue weighted by Crippen LogP contribution is -2.53. The number of carbonyl (C=O) groups is 4. The van der Waals surface area contributed by atoms with Gasteiger partial charge in [0, 0.05) is 30.3 Å². The first-order valence-electron chi connectivity index (χ1n) is 10.7. The monoisotopic (exact) mass is 412 g/mol. The Kier molecular flexibility index (Phi) is 5.13. The number of aryl methyl sites for hydroxylation is 1. The summed E-state index contributed by atoms with van der Waals surface area (Å²) in [6.45, 7) is 4.35. The zero-order valence-corrected chi connectivity index (χ0v) is 17.4. The Morgan fingerprint density at radius 1 is 1.20 bits per heavy atom. The highest BCUT2D eigenvalue weighted by Gasteiger charge is 2.70. The Labute approximate surface area is 175 Å². The van der Waals surface area contributed by atoms with Crippen molar-refractivity contribution in [3.63, 3.8) is 0 Å². The summed E-state index contributed by atoms with van der Waals surface area (Å²) >= 11 is 0. The van der Waals surface area contributed by atoms with Crippen LogP contribution < -0.4 is 16.4 Å². The number of primary amides is 1. The van der Waals surface area contributed by atoms with Crippen molar-refractivity contribution >= 4 is 29.3 Å². The first-order valence-corrected chi connectivity index (χ1v) is 10.7. The van der Waals surface area contributed by atoms with Gasteiger partial charge in [-0.15, -0.1) is 0 Å². The van der Waals surface area contributed by atoms with E-state index in [0.717, 1.165) is 24.1 Å². The average Bonchev–Trinajstić information content (AvgIpc) is 3.30. The molecule has 160 valence electrons. The molecule has 3 aliphatic heterocycles. The Morgan fingerprint density at radius 2 is 1.97 bits per heavy atom. The number of fused-ring (bicyclic) bond motifs is 4. The molecule has 4 amide bonds. The molecule has 8 nitrogen and oxygen atoms in total. The normalized spacial score (nSPS) is 29.5. The predicted octanol–water partition coefficient (Wildman–Crippen LogP) is 1.04. The smallest absolute Gasteiger partial charge is 0.250 e. The van der Waals surface area contributed by atoms with Gasteiger partial charge in [-0.2, -0.15) is 0 Å². The van der Waals surface area contributed by atoms with Crippen molar-refractivity contribution in [2.24, 2.45) is 17.6 Å². The van der Waals surface area contributed by atoms with Crippen molar-refractivity contribution in [2.75, 3.05) is 11.9 Å². The summed E-state index contributed by atoms with van der Waals surface area (Å²) in [5.41, 5.74) is 6.45. The Morgan fingerprint density at radius 3 is 2.63 bits per heavy atom. The number of para-hydroxylation sites is 1. The Hall–Kier alpha value is -2.74. The lowest BCUT2D eigenvalue weighted by Gasteiger charge is -2.29. The number of nitrogens with one attached hydrogen (secondary N) is 2. The van der Waals surface area contributed by atoms with Crippen LogP contribution in [0.5, 0.6) is 0 Å². The van der Waals surface area contributed by atoms with Crippen molar-refractivity contribution in [3.8, 4) is 0 Å². The van der Waals surface area contributed by atoms with Crippen LogP contribution in [-0.4, -0.2) is 41.1 Å². The van der Waals surface area contributed by atoms with Gasteiger partial charge in [-0.25, -0.2) is 0 Å². The quantitative estimate of drug-likeness (QED) is 0.578. The zero-order valence-electron chi connectivity index (χ0n) is 17.4. The summed E-state index contributed by atoms with van der Waals surface area (Å²) in [6, 6.07) is 5.19. The summed E-state index contributed by atoms with van der Waals surface area (Å²) in [5.74, 6) is -2.86. The summed E-state index contributed by atoms with van der Waals surface area (Å²) in [7, 11) is 0. The second-order valence-electron chi connectivity index (χ2n) is 8.40. The van der Waals surface area contributed by atoms with Gasteiger partial charge in [-0.3, -0.25) is 29.4 Å². The fraction of sp³-hybridized carbons (Fsp3) is 0.545. The molecule has 4 rings (SSSR count).